The van der Waals surface area contributed by atoms with Crippen LogP contribution in [0.4, 0.5) is 0 Å². The van der Waals surface area contributed by atoms with Crippen molar-refractivity contribution in [2.75, 3.05) is 13.1 Å². The molecular weight excluding hydrogens is 320 g/mol. The van der Waals surface area contributed by atoms with Gasteiger partial charge < -0.3 is 15.3 Å². The number of likely N-dealkylation sites (tertiary alicyclic amines) is 1. The van der Waals surface area contributed by atoms with E-state index in [1.807, 2.05) is 6.92 Å². The number of carbonyl (C=O) groups excluding carboxylic acids is 2. The molecule has 1 unspecified atom stereocenters. The third kappa shape index (κ3) is 5.59. The molecule has 0 spiro atoms. The van der Waals surface area contributed by atoms with Crippen LogP contribution in [0.2, 0.25) is 0 Å². The predicted molar refractivity (Wildman–Crippen MR) is 94.4 cm³/mol. The Bertz CT molecular complexity index is 630. The van der Waals surface area contributed by atoms with E-state index in [2.05, 4.69) is 5.32 Å². The van der Waals surface area contributed by atoms with E-state index in [0.717, 1.165) is 19.3 Å². The van der Waals surface area contributed by atoms with E-state index in [4.69, 9.17) is 0 Å². The van der Waals surface area contributed by atoms with E-state index in [0.29, 0.717) is 31.5 Å². The second kappa shape index (κ2) is 9.20. The van der Waals surface area contributed by atoms with Crippen LogP contribution in [-0.4, -0.2) is 46.9 Å². The first-order valence-electron chi connectivity index (χ1n) is 8.89. The molecule has 2 N–H and O–H groups in total. The first-order valence-corrected chi connectivity index (χ1v) is 8.89. The number of piperidine rings is 1. The van der Waals surface area contributed by atoms with Gasteiger partial charge in [0.1, 0.15) is 0 Å². The zero-order valence-corrected chi connectivity index (χ0v) is 14.7. The van der Waals surface area contributed by atoms with Crippen LogP contribution in [0.25, 0.3) is 0 Å². The van der Waals surface area contributed by atoms with Crippen LogP contribution in [0.5, 0.6) is 0 Å². The van der Waals surface area contributed by atoms with E-state index in [1.54, 1.807) is 29.2 Å². The monoisotopic (exact) mass is 346 g/mol. The topological polar surface area (TPSA) is 86.7 Å². The van der Waals surface area contributed by atoms with Crippen molar-refractivity contribution >= 4 is 17.8 Å². The maximum atomic E-state index is 12.5. The Kier molecular flexibility index (Phi) is 6.98. The lowest BCUT2D eigenvalue weighted by Gasteiger charge is -2.33. The summed E-state index contributed by atoms with van der Waals surface area (Å²) in [5, 5.41) is 12.2. The first-order chi connectivity index (χ1) is 12.0. The van der Waals surface area contributed by atoms with Crippen molar-refractivity contribution in [3.63, 3.8) is 0 Å². The molecule has 1 aliphatic heterocycles. The van der Waals surface area contributed by atoms with E-state index in [9.17, 15) is 19.5 Å². The first kappa shape index (κ1) is 19.0. The summed E-state index contributed by atoms with van der Waals surface area (Å²) >= 11 is 0. The summed E-state index contributed by atoms with van der Waals surface area (Å²) < 4.78 is 0. The average Bonchev–Trinajstić information content (AvgIpc) is 2.60. The van der Waals surface area contributed by atoms with E-state index < -0.39 is 5.97 Å². The van der Waals surface area contributed by atoms with Crippen molar-refractivity contribution < 1.29 is 19.5 Å². The Morgan fingerprint density at radius 1 is 1.24 bits per heavy atom. The van der Waals surface area contributed by atoms with Gasteiger partial charge in [0.25, 0.3) is 0 Å². The number of carboxylic acid groups (broad SMARTS) is 1. The maximum absolute atomic E-state index is 12.5. The zero-order chi connectivity index (χ0) is 18.2. The number of aryl methyl sites for hydroxylation is 1. The summed E-state index contributed by atoms with van der Waals surface area (Å²) in [4.78, 5) is 37.2. The van der Waals surface area contributed by atoms with Crippen molar-refractivity contribution in [2.45, 2.75) is 51.5 Å². The number of nitrogens with one attached hydrogen (secondary N) is 1. The zero-order valence-electron chi connectivity index (χ0n) is 14.7. The predicted octanol–water partition coefficient (Wildman–Crippen LogP) is 2.22. The summed E-state index contributed by atoms with van der Waals surface area (Å²) in [5.41, 5.74) is 0.923. The molecule has 1 saturated heterocycles. The van der Waals surface area contributed by atoms with Crippen molar-refractivity contribution in [1.82, 2.24) is 10.2 Å². The third-order valence-corrected chi connectivity index (χ3v) is 4.47. The summed E-state index contributed by atoms with van der Waals surface area (Å²) in [6.07, 6.45) is 3.76. The Labute approximate surface area is 148 Å². The van der Waals surface area contributed by atoms with Gasteiger partial charge in [-0.2, -0.15) is 0 Å². The second-order valence-electron chi connectivity index (χ2n) is 6.46. The molecule has 0 aliphatic carbocycles. The number of rotatable bonds is 7. The van der Waals surface area contributed by atoms with Gasteiger partial charge in [0, 0.05) is 32.0 Å². The highest BCUT2D eigenvalue weighted by Gasteiger charge is 2.24. The maximum Gasteiger partial charge on any atom is 0.335 e. The molecule has 25 heavy (non-hydrogen) atoms. The molecule has 0 aromatic heterocycles. The van der Waals surface area contributed by atoms with Crippen LogP contribution < -0.4 is 5.32 Å². The van der Waals surface area contributed by atoms with Gasteiger partial charge in [-0.1, -0.05) is 25.1 Å². The SMILES string of the molecule is CCCC(=O)NC1CCCN(C(=O)CCc2ccccc2C(=O)O)C1. The summed E-state index contributed by atoms with van der Waals surface area (Å²) in [7, 11) is 0. The average molecular weight is 346 g/mol. The molecule has 136 valence electrons. The van der Waals surface area contributed by atoms with Crippen LogP contribution in [0.1, 0.15) is 54.9 Å². The quantitative estimate of drug-likeness (QED) is 0.792. The molecule has 1 fully saturated rings. The van der Waals surface area contributed by atoms with Gasteiger partial charge in [0.2, 0.25) is 11.8 Å². The summed E-state index contributed by atoms with van der Waals surface area (Å²) in [5.74, 6) is -0.925. The second-order valence-corrected chi connectivity index (χ2v) is 6.46. The number of nitrogens with zero attached hydrogens (tertiary/aromatic N) is 1. The Balaban J connectivity index is 1.88. The highest BCUT2D eigenvalue weighted by molar-refractivity contribution is 5.89. The van der Waals surface area contributed by atoms with Crippen LogP contribution in [0, 0.1) is 0 Å². The summed E-state index contributed by atoms with van der Waals surface area (Å²) in [6.45, 7) is 3.19. The molecule has 2 amide bonds. The largest absolute Gasteiger partial charge is 0.478 e. The van der Waals surface area contributed by atoms with Gasteiger partial charge in [-0.25, -0.2) is 4.79 Å². The number of benzene rings is 1. The molecule has 1 aromatic carbocycles. The number of carbonyl (C=O) groups is 3. The highest BCUT2D eigenvalue weighted by atomic mass is 16.4. The van der Waals surface area contributed by atoms with Gasteiger partial charge >= 0.3 is 5.97 Å². The molecular formula is C19H26N2O4. The minimum atomic E-state index is -0.972. The van der Waals surface area contributed by atoms with E-state index in [-0.39, 0.29) is 29.8 Å². The van der Waals surface area contributed by atoms with Gasteiger partial charge in [-0.05, 0) is 37.3 Å². The third-order valence-electron chi connectivity index (χ3n) is 4.47. The number of amides is 2. The Hall–Kier alpha value is -2.37. The van der Waals surface area contributed by atoms with Crippen LogP contribution in [0.15, 0.2) is 24.3 Å². The molecule has 0 saturated carbocycles. The van der Waals surface area contributed by atoms with Crippen molar-refractivity contribution in [3.8, 4) is 0 Å². The summed E-state index contributed by atoms with van der Waals surface area (Å²) in [6, 6.07) is 6.79. The lowest BCUT2D eigenvalue weighted by atomic mass is 10.0. The van der Waals surface area contributed by atoms with E-state index >= 15 is 0 Å². The molecule has 1 aromatic rings. The fourth-order valence-electron chi connectivity index (χ4n) is 3.20. The highest BCUT2D eigenvalue weighted by Crippen LogP contribution is 2.15. The van der Waals surface area contributed by atoms with Gasteiger partial charge in [-0.15, -0.1) is 0 Å². The van der Waals surface area contributed by atoms with Gasteiger partial charge in [0.05, 0.1) is 5.56 Å². The standard InChI is InChI=1S/C19H26N2O4/c1-2-6-17(22)20-15-8-5-12-21(13-15)18(23)11-10-14-7-3-4-9-16(14)19(24)25/h3-4,7,9,15H,2,5-6,8,10-13H2,1H3,(H,20,22)(H,24,25). The smallest absolute Gasteiger partial charge is 0.335 e. The molecule has 0 radical (unpaired) electrons. The van der Waals surface area contributed by atoms with Gasteiger partial charge in [0.15, 0.2) is 0 Å². The molecule has 6 heteroatoms. The fraction of sp³-hybridized carbons (Fsp3) is 0.526. The molecule has 6 nitrogen and oxygen atoms in total. The lowest BCUT2D eigenvalue weighted by molar-refractivity contribution is -0.133. The minimum Gasteiger partial charge on any atom is -0.478 e. The Morgan fingerprint density at radius 2 is 2.00 bits per heavy atom. The lowest BCUT2D eigenvalue weighted by Crippen LogP contribution is -2.49. The fourth-order valence-corrected chi connectivity index (χ4v) is 3.20. The minimum absolute atomic E-state index is 0.00892. The number of hydrogen-bond acceptors (Lipinski definition) is 3. The van der Waals surface area contributed by atoms with Crippen LogP contribution in [-0.2, 0) is 16.0 Å². The normalized spacial score (nSPS) is 17.2. The van der Waals surface area contributed by atoms with Crippen molar-refractivity contribution in [1.29, 1.82) is 0 Å². The van der Waals surface area contributed by atoms with E-state index in [1.165, 1.54) is 0 Å². The van der Waals surface area contributed by atoms with Gasteiger partial charge in [-0.3, -0.25) is 9.59 Å². The number of aromatic carboxylic acids is 1. The Morgan fingerprint density at radius 3 is 2.72 bits per heavy atom. The molecule has 1 heterocycles. The van der Waals surface area contributed by atoms with Crippen molar-refractivity contribution in [2.24, 2.45) is 0 Å². The molecule has 1 atom stereocenters. The van der Waals surface area contributed by atoms with Crippen LogP contribution in [0.3, 0.4) is 0 Å². The number of carboxylic acids is 1. The van der Waals surface area contributed by atoms with Crippen molar-refractivity contribution in [3.05, 3.63) is 35.4 Å². The van der Waals surface area contributed by atoms with Crippen LogP contribution >= 0.6 is 0 Å². The number of hydrogen-bond donors (Lipinski definition) is 2. The molecule has 2 rings (SSSR count). The molecule has 0 bridgehead atoms. The molecule has 1 aliphatic rings.